The average Bonchev–Trinajstić information content (AvgIpc) is 0. The maximum atomic E-state index is 0. The van der Waals surface area contributed by atoms with E-state index in [-0.39, 0.29) is 100 Å². The third kappa shape index (κ3) is 152. The molecule has 9 heavy (non-hydrogen) atoms. The molecular weight excluding hydrogens is 413 g/mol. The van der Waals surface area contributed by atoms with Crippen LogP contribution in [0, 0.1) is 0 Å². The minimum Gasteiger partial charge on any atom is -2.00 e. The zero-order chi connectivity index (χ0) is 0. The van der Waals surface area contributed by atoms with Crippen LogP contribution < -0.4 is 0 Å². The largest absolute Gasteiger partial charge is 3.00 e. The van der Waals surface area contributed by atoms with Crippen LogP contribution in [0.4, 0.5) is 0 Å². The molecule has 0 rings (SSSR count). The molecule has 9 heteroatoms. The van der Waals surface area contributed by atoms with Gasteiger partial charge in [-0.05, 0) is 0 Å². The van der Waals surface area contributed by atoms with E-state index < -0.39 is 0 Å². The van der Waals surface area contributed by atoms with Gasteiger partial charge in [0.05, 0.1) is 0 Å². The van der Waals surface area contributed by atoms with Crippen molar-refractivity contribution in [3.63, 3.8) is 0 Å². The second-order valence-corrected chi connectivity index (χ2v) is 0. The van der Waals surface area contributed by atoms with E-state index >= 15 is 0 Å². The number of hydrogen-bond acceptors (Lipinski definition) is 0. The number of rotatable bonds is 0. The van der Waals surface area contributed by atoms with Crippen LogP contribution in [-0.4, -0.2) is 0 Å². The van der Waals surface area contributed by atoms with Gasteiger partial charge in [-0.2, -0.15) is 0 Å². The van der Waals surface area contributed by atoms with Crippen LogP contribution in [-0.2, 0) is 100 Å². The topological polar surface area (TPSA) is 142 Å². The molecular formula is Cu2O5Rh2. The van der Waals surface area contributed by atoms with Crippen molar-refractivity contribution in [1.29, 1.82) is 0 Å². The maximum Gasteiger partial charge on any atom is 3.00 e. The van der Waals surface area contributed by atoms with Gasteiger partial charge in [0.25, 0.3) is 0 Å². The van der Waals surface area contributed by atoms with E-state index in [9.17, 15) is 0 Å². The summed E-state index contributed by atoms with van der Waals surface area (Å²) in [5.41, 5.74) is 0. The monoisotopic (exact) mass is 412 g/mol. The summed E-state index contributed by atoms with van der Waals surface area (Å²) in [6.07, 6.45) is 0. The van der Waals surface area contributed by atoms with E-state index in [4.69, 9.17) is 0 Å². The first-order valence-corrected chi connectivity index (χ1v) is 0. The van der Waals surface area contributed by atoms with Gasteiger partial charge in [0.2, 0.25) is 0 Å². The third-order valence-electron chi connectivity index (χ3n) is 0. The fraction of sp³-hybridized carbons (Fsp3) is 0. The fourth-order valence-electron chi connectivity index (χ4n) is 0. The van der Waals surface area contributed by atoms with Gasteiger partial charge >= 0.3 is 73.1 Å². The van der Waals surface area contributed by atoms with Crippen LogP contribution in [0.5, 0.6) is 0 Å². The Labute approximate surface area is 99.7 Å². The summed E-state index contributed by atoms with van der Waals surface area (Å²) in [6.45, 7) is 0. The van der Waals surface area contributed by atoms with Crippen molar-refractivity contribution in [2.45, 2.75) is 0 Å². The van der Waals surface area contributed by atoms with Crippen LogP contribution in [0.2, 0.25) is 0 Å². The first-order chi connectivity index (χ1) is 0. The van der Waals surface area contributed by atoms with Gasteiger partial charge < -0.3 is 27.4 Å². The Bertz CT molecular complexity index is 12.9. The van der Waals surface area contributed by atoms with Gasteiger partial charge in [-0.1, -0.05) is 0 Å². The van der Waals surface area contributed by atoms with E-state index in [0.29, 0.717) is 0 Å². The van der Waals surface area contributed by atoms with E-state index in [1.807, 2.05) is 0 Å². The predicted molar refractivity (Wildman–Crippen MR) is 3.43 cm³/mol. The van der Waals surface area contributed by atoms with E-state index in [1.165, 1.54) is 0 Å². The van der Waals surface area contributed by atoms with Gasteiger partial charge in [-0.25, -0.2) is 0 Å². The zero-order valence-electron chi connectivity index (χ0n) is 3.31. The molecule has 0 aromatic heterocycles. The molecule has 0 aromatic carbocycles. The van der Waals surface area contributed by atoms with E-state index in [1.54, 1.807) is 0 Å². The summed E-state index contributed by atoms with van der Waals surface area (Å²) in [6, 6.07) is 0. The van der Waals surface area contributed by atoms with E-state index in [0.717, 1.165) is 0 Å². The van der Waals surface area contributed by atoms with Crippen molar-refractivity contribution in [2.24, 2.45) is 0 Å². The smallest absolute Gasteiger partial charge is 2.00 e. The average molecular weight is 413 g/mol. The van der Waals surface area contributed by atoms with Gasteiger partial charge in [0.1, 0.15) is 0 Å². The molecule has 0 aliphatic heterocycles. The first-order valence-electron chi connectivity index (χ1n) is 0. The van der Waals surface area contributed by atoms with Crippen molar-refractivity contribution in [2.75, 3.05) is 0 Å². The minimum atomic E-state index is 0. The summed E-state index contributed by atoms with van der Waals surface area (Å²) >= 11 is 0. The number of hydrogen-bond donors (Lipinski definition) is 0. The molecule has 0 aromatic rings. The Morgan fingerprint density at radius 1 is 0.333 bits per heavy atom. The molecule has 70 valence electrons. The summed E-state index contributed by atoms with van der Waals surface area (Å²) < 4.78 is 0. The zero-order valence-corrected chi connectivity index (χ0v) is 8.47. The Hall–Kier alpha value is 2.09. The maximum absolute atomic E-state index is 0. The minimum absolute atomic E-state index is 0. The second-order valence-electron chi connectivity index (χ2n) is 0. The van der Waals surface area contributed by atoms with Crippen LogP contribution >= 0.6 is 0 Å². The molecule has 0 saturated carbocycles. The van der Waals surface area contributed by atoms with Crippen LogP contribution in [0.3, 0.4) is 0 Å². The predicted octanol–water partition coefficient (Wildman–Crippen LogP) is -0.604. The van der Waals surface area contributed by atoms with Crippen molar-refractivity contribution in [1.82, 2.24) is 0 Å². The molecule has 0 heterocycles. The Morgan fingerprint density at radius 2 is 0.333 bits per heavy atom. The Morgan fingerprint density at radius 3 is 0.333 bits per heavy atom. The molecule has 5 nitrogen and oxygen atoms in total. The first kappa shape index (κ1) is 259. The Kier molecular flexibility index (Phi) is 5510. The van der Waals surface area contributed by atoms with Crippen molar-refractivity contribution < 1.29 is 100 Å². The standard InChI is InChI=1S/2Cu.5O.2Rh/q2*+2;5*-2;2*+3. The van der Waals surface area contributed by atoms with Crippen molar-refractivity contribution in [3.8, 4) is 0 Å². The SMILES string of the molecule is [Cu+2].[Cu+2].[O-2].[O-2].[O-2].[O-2].[O-2].[Rh+3].[Rh+3]. The molecule has 2 radical (unpaired) electrons. The van der Waals surface area contributed by atoms with Crippen molar-refractivity contribution in [3.05, 3.63) is 0 Å². The molecule has 0 fully saturated rings. The summed E-state index contributed by atoms with van der Waals surface area (Å²) in [5, 5.41) is 0. The van der Waals surface area contributed by atoms with Gasteiger partial charge in [0.15, 0.2) is 0 Å². The molecule has 0 spiro atoms. The van der Waals surface area contributed by atoms with Crippen LogP contribution in [0.15, 0.2) is 0 Å². The van der Waals surface area contributed by atoms with Crippen LogP contribution in [0.25, 0.3) is 0 Å². The Balaban J connectivity index is 0. The molecule has 0 aliphatic rings. The molecule has 0 N–H and O–H groups in total. The molecule has 0 saturated heterocycles. The summed E-state index contributed by atoms with van der Waals surface area (Å²) in [5.74, 6) is 0. The molecule has 0 amide bonds. The molecule has 0 bridgehead atoms. The van der Waals surface area contributed by atoms with E-state index in [2.05, 4.69) is 0 Å². The quantitative estimate of drug-likeness (QED) is 0.468. The molecule has 0 unspecified atom stereocenters. The van der Waals surface area contributed by atoms with Gasteiger partial charge in [-0.15, -0.1) is 0 Å². The summed E-state index contributed by atoms with van der Waals surface area (Å²) in [7, 11) is 0. The van der Waals surface area contributed by atoms with Gasteiger partial charge in [0, 0.05) is 0 Å². The fourth-order valence-corrected chi connectivity index (χ4v) is 0. The van der Waals surface area contributed by atoms with Crippen molar-refractivity contribution >= 4 is 0 Å². The summed E-state index contributed by atoms with van der Waals surface area (Å²) in [4.78, 5) is 0. The second kappa shape index (κ2) is 191. The van der Waals surface area contributed by atoms with Crippen LogP contribution in [0.1, 0.15) is 0 Å². The third-order valence-corrected chi connectivity index (χ3v) is 0. The van der Waals surface area contributed by atoms with Gasteiger partial charge in [-0.3, -0.25) is 0 Å². The normalized spacial score (nSPS) is 0. The molecule has 0 aliphatic carbocycles. The molecule has 0 atom stereocenters.